The molecule has 0 saturated carbocycles. The Hall–Kier alpha value is -2.84. The molecular weight excluding hydrogens is 529 g/mol. The topological polar surface area (TPSA) is 57.1 Å². The lowest BCUT2D eigenvalue weighted by Gasteiger charge is -2.11. The van der Waals surface area contributed by atoms with Gasteiger partial charge in [0.25, 0.3) is 0 Å². The van der Waals surface area contributed by atoms with E-state index in [0.717, 1.165) is 11.1 Å². The van der Waals surface area contributed by atoms with Gasteiger partial charge in [-0.05, 0) is 76.2 Å². The number of halogens is 2. The van der Waals surface area contributed by atoms with Crippen molar-refractivity contribution in [3.8, 4) is 11.5 Å². The maximum atomic E-state index is 12.3. The third-order valence-corrected chi connectivity index (χ3v) is 5.57. The molecule has 1 aliphatic rings. The van der Waals surface area contributed by atoms with Crippen molar-refractivity contribution in [2.45, 2.75) is 6.61 Å². The van der Waals surface area contributed by atoms with Crippen molar-refractivity contribution in [3.05, 3.63) is 97.7 Å². The number of cyclic esters (lactones) is 1. The van der Waals surface area contributed by atoms with E-state index in [1.54, 1.807) is 49.6 Å². The molecule has 0 amide bonds. The van der Waals surface area contributed by atoms with E-state index in [0.29, 0.717) is 28.7 Å². The Balaban J connectivity index is 1.54. The number of esters is 1. The van der Waals surface area contributed by atoms with Gasteiger partial charge in [0, 0.05) is 3.57 Å². The fraction of sp³-hybridized carbons (Fsp3) is 0.0833. The Morgan fingerprint density at radius 3 is 2.58 bits per heavy atom. The zero-order valence-corrected chi connectivity index (χ0v) is 19.4. The molecule has 3 aromatic carbocycles. The highest BCUT2D eigenvalue weighted by atomic mass is 127. The third kappa shape index (κ3) is 5.08. The number of aliphatic imine (C=N–C) groups is 1. The highest BCUT2D eigenvalue weighted by Gasteiger charge is 2.25. The standard InChI is InChI=1S/C24H17ClINO4/c1-29-22-13-16(8-11-21(22)30-14-15-6-9-17(26)10-7-15)12-20-24(28)31-23(27-20)18-4-2-3-5-19(18)25/h2-13H,14H2,1H3/b20-12-. The first kappa shape index (κ1) is 21.4. The van der Waals surface area contributed by atoms with Crippen LogP contribution >= 0.6 is 34.2 Å². The van der Waals surface area contributed by atoms with Gasteiger partial charge in [0.2, 0.25) is 5.90 Å². The smallest absolute Gasteiger partial charge is 0.363 e. The summed E-state index contributed by atoms with van der Waals surface area (Å²) in [7, 11) is 1.57. The van der Waals surface area contributed by atoms with E-state index in [4.69, 9.17) is 25.8 Å². The van der Waals surface area contributed by atoms with Crippen LogP contribution in [0.2, 0.25) is 5.02 Å². The number of ether oxygens (including phenoxy) is 3. The Bertz CT molecular complexity index is 1190. The highest BCUT2D eigenvalue weighted by Crippen LogP contribution is 2.31. The van der Waals surface area contributed by atoms with Crippen molar-refractivity contribution in [1.82, 2.24) is 0 Å². The maximum absolute atomic E-state index is 12.3. The van der Waals surface area contributed by atoms with E-state index >= 15 is 0 Å². The molecule has 0 fully saturated rings. The fourth-order valence-corrected chi connectivity index (χ4v) is 3.53. The summed E-state index contributed by atoms with van der Waals surface area (Å²) in [5, 5.41) is 0.464. The molecule has 5 nitrogen and oxygen atoms in total. The summed E-state index contributed by atoms with van der Waals surface area (Å²) in [4.78, 5) is 16.6. The molecule has 7 heteroatoms. The lowest BCUT2D eigenvalue weighted by Crippen LogP contribution is -2.05. The minimum atomic E-state index is -0.534. The second-order valence-corrected chi connectivity index (χ2v) is 8.29. The van der Waals surface area contributed by atoms with Crippen LogP contribution in [0.15, 0.2) is 77.4 Å². The Labute approximate surface area is 198 Å². The van der Waals surface area contributed by atoms with Gasteiger partial charge in [-0.15, -0.1) is 0 Å². The number of benzene rings is 3. The molecule has 1 heterocycles. The molecule has 0 spiro atoms. The van der Waals surface area contributed by atoms with Crippen molar-refractivity contribution in [1.29, 1.82) is 0 Å². The van der Waals surface area contributed by atoms with Crippen LogP contribution in [0, 0.1) is 3.57 Å². The predicted octanol–water partition coefficient (Wildman–Crippen LogP) is 5.88. The summed E-state index contributed by atoms with van der Waals surface area (Å²) in [6.07, 6.45) is 1.64. The monoisotopic (exact) mass is 545 g/mol. The number of nitrogens with zero attached hydrogens (tertiary/aromatic N) is 1. The van der Waals surface area contributed by atoms with Crippen LogP contribution in [0.3, 0.4) is 0 Å². The molecule has 4 rings (SSSR count). The SMILES string of the molecule is COc1cc(/C=C2\N=C(c3ccccc3Cl)OC2=O)ccc1OCc1ccc(I)cc1. The molecule has 0 bridgehead atoms. The molecule has 0 saturated heterocycles. The molecule has 1 aliphatic heterocycles. The van der Waals surface area contributed by atoms with Gasteiger partial charge in [-0.25, -0.2) is 9.79 Å². The van der Waals surface area contributed by atoms with E-state index in [9.17, 15) is 4.79 Å². The van der Waals surface area contributed by atoms with Gasteiger partial charge in [-0.3, -0.25) is 0 Å². The number of hydrogen-bond acceptors (Lipinski definition) is 5. The molecule has 156 valence electrons. The first-order valence-electron chi connectivity index (χ1n) is 9.36. The van der Waals surface area contributed by atoms with Crippen LogP contribution in [0.1, 0.15) is 16.7 Å². The van der Waals surface area contributed by atoms with Crippen LogP contribution in [0.5, 0.6) is 11.5 Å². The second-order valence-electron chi connectivity index (χ2n) is 6.64. The first-order valence-corrected chi connectivity index (χ1v) is 10.8. The van der Waals surface area contributed by atoms with Gasteiger partial charge in [0.05, 0.1) is 17.7 Å². The van der Waals surface area contributed by atoms with Crippen LogP contribution in [-0.4, -0.2) is 19.0 Å². The quantitative estimate of drug-likeness (QED) is 0.221. The molecule has 0 unspecified atom stereocenters. The molecule has 0 N–H and O–H groups in total. The van der Waals surface area contributed by atoms with Gasteiger partial charge in [0.15, 0.2) is 17.2 Å². The molecule has 3 aromatic rings. The summed E-state index contributed by atoms with van der Waals surface area (Å²) >= 11 is 8.44. The molecule has 31 heavy (non-hydrogen) atoms. The van der Waals surface area contributed by atoms with Gasteiger partial charge < -0.3 is 14.2 Å². The number of methoxy groups -OCH3 is 1. The predicted molar refractivity (Wildman–Crippen MR) is 129 cm³/mol. The minimum absolute atomic E-state index is 0.185. The van der Waals surface area contributed by atoms with Crippen molar-refractivity contribution in [2.75, 3.05) is 7.11 Å². The summed E-state index contributed by atoms with van der Waals surface area (Å²) in [6, 6.07) is 20.6. The molecule has 0 aliphatic carbocycles. The second kappa shape index (κ2) is 9.53. The van der Waals surface area contributed by atoms with Gasteiger partial charge in [-0.2, -0.15) is 0 Å². The summed E-state index contributed by atoms with van der Waals surface area (Å²) in [5.74, 6) is 0.818. The van der Waals surface area contributed by atoms with E-state index in [1.807, 2.05) is 30.3 Å². The van der Waals surface area contributed by atoms with Crippen molar-refractivity contribution in [2.24, 2.45) is 4.99 Å². The molecular formula is C24H17ClINO4. The largest absolute Gasteiger partial charge is 0.493 e. The third-order valence-electron chi connectivity index (χ3n) is 4.52. The summed E-state index contributed by atoms with van der Waals surface area (Å²) in [6.45, 7) is 0.422. The van der Waals surface area contributed by atoms with Gasteiger partial charge in [0.1, 0.15) is 6.61 Å². The Kier molecular flexibility index (Phi) is 6.58. The fourth-order valence-electron chi connectivity index (χ4n) is 2.95. The van der Waals surface area contributed by atoms with Crippen LogP contribution in [0.4, 0.5) is 0 Å². The zero-order chi connectivity index (χ0) is 21.8. The number of hydrogen-bond donors (Lipinski definition) is 0. The zero-order valence-electron chi connectivity index (χ0n) is 16.5. The molecule has 0 aromatic heterocycles. The number of carbonyl (C=O) groups is 1. The number of rotatable bonds is 6. The maximum Gasteiger partial charge on any atom is 0.363 e. The van der Waals surface area contributed by atoms with E-state index in [1.165, 1.54) is 3.57 Å². The molecule has 0 atom stereocenters. The first-order chi connectivity index (χ1) is 15.0. The number of carbonyl (C=O) groups excluding carboxylic acids is 1. The average molecular weight is 546 g/mol. The summed E-state index contributed by atoms with van der Waals surface area (Å²) in [5.41, 5.74) is 2.54. The van der Waals surface area contributed by atoms with E-state index in [-0.39, 0.29) is 11.6 Å². The van der Waals surface area contributed by atoms with Crippen molar-refractivity contribution in [3.63, 3.8) is 0 Å². The summed E-state index contributed by atoms with van der Waals surface area (Å²) < 4.78 is 17.8. The van der Waals surface area contributed by atoms with E-state index < -0.39 is 5.97 Å². The van der Waals surface area contributed by atoms with Crippen LogP contribution < -0.4 is 9.47 Å². The Morgan fingerprint density at radius 1 is 1.06 bits per heavy atom. The minimum Gasteiger partial charge on any atom is -0.493 e. The lowest BCUT2D eigenvalue weighted by molar-refractivity contribution is -0.129. The average Bonchev–Trinajstić information content (AvgIpc) is 3.14. The normalized spacial score (nSPS) is 14.4. The van der Waals surface area contributed by atoms with Gasteiger partial charge >= 0.3 is 5.97 Å². The van der Waals surface area contributed by atoms with Crippen LogP contribution in [0.25, 0.3) is 6.08 Å². The van der Waals surface area contributed by atoms with E-state index in [2.05, 4.69) is 27.6 Å². The molecule has 0 radical (unpaired) electrons. The highest BCUT2D eigenvalue weighted by molar-refractivity contribution is 14.1. The van der Waals surface area contributed by atoms with Gasteiger partial charge in [-0.1, -0.05) is 41.9 Å². The van der Waals surface area contributed by atoms with Crippen molar-refractivity contribution < 1.29 is 19.0 Å². The lowest BCUT2D eigenvalue weighted by atomic mass is 10.1. The van der Waals surface area contributed by atoms with Crippen molar-refractivity contribution >= 4 is 52.1 Å². The Morgan fingerprint density at radius 2 is 1.84 bits per heavy atom. The van der Waals surface area contributed by atoms with Crippen LogP contribution in [-0.2, 0) is 16.1 Å².